The molecule has 3 heterocycles. The van der Waals surface area contributed by atoms with Crippen LogP contribution in [0.3, 0.4) is 0 Å². The van der Waals surface area contributed by atoms with E-state index in [4.69, 9.17) is 4.99 Å². The number of amidine groups is 1. The van der Waals surface area contributed by atoms with Gasteiger partial charge in [0.1, 0.15) is 5.84 Å². The van der Waals surface area contributed by atoms with Gasteiger partial charge in [-0.05, 0) is 59.7 Å². The highest BCUT2D eigenvalue weighted by molar-refractivity contribution is 6.06. The number of fused-ring (bicyclic) bond motifs is 1. The van der Waals surface area contributed by atoms with Crippen molar-refractivity contribution < 1.29 is 9.59 Å². The fourth-order valence-electron chi connectivity index (χ4n) is 6.23. The van der Waals surface area contributed by atoms with E-state index in [1.807, 2.05) is 30.0 Å². The zero-order chi connectivity index (χ0) is 26.9. The number of benzene rings is 2. The summed E-state index contributed by atoms with van der Waals surface area (Å²) in [5.41, 5.74) is 3.20. The maximum atomic E-state index is 14.0. The number of rotatable bonds is 7. The topological polar surface area (TPSA) is 111 Å². The number of nitrogens with one attached hydrogen (secondary N) is 1. The van der Waals surface area contributed by atoms with Crippen molar-refractivity contribution in [1.82, 2.24) is 35.3 Å². The van der Waals surface area contributed by atoms with Gasteiger partial charge < -0.3 is 4.90 Å². The van der Waals surface area contributed by atoms with Crippen molar-refractivity contribution >= 4 is 17.8 Å². The Morgan fingerprint density at radius 2 is 1.67 bits per heavy atom. The molecule has 200 valence electrons. The summed E-state index contributed by atoms with van der Waals surface area (Å²) in [5.74, 6) is 1.52. The molecule has 4 aliphatic rings. The Morgan fingerprint density at radius 3 is 2.28 bits per heavy atom. The second-order valence-electron chi connectivity index (χ2n) is 11.6. The van der Waals surface area contributed by atoms with Crippen molar-refractivity contribution in [1.29, 1.82) is 0 Å². The van der Waals surface area contributed by atoms with Crippen molar-refractivity contribution in [3.63, 3.8) is 0 Å². The lowest BCUT2D eigenvalue weighted by atomic mass is 9.94. The third kappa shape index (κ3) is 3.84. The predicted octanol–water partition coefficient (Wildman–Crippen LogP) is 4.08. The number of urea groups is 1. The van der Waals surface area contributed by atoms with Crippen LogP contribution in [0.25, 0.3) is 22.5 Å². The Balaban J connectivity index is 1.22. The Morgan fingerprint density at radius 1 is 0.974 bits per heavy atom. The molecule has 1 saturated heterocycles. The standard InChI is InChI=1S/C29H32N8O2/c1-17(2)26-30-29(3)24(27(38)36(20-12-13-20)28(39)37(29)21-14-15-21)35(26)16-18-8-10-19(11-9-18)22-6-4-5-7-23(22)25-31-33-34-32-25/h4-11,17,20-21,24H,12-16H2,1-3H3,(H,31,32,33,34). The third-order valence-corrected chi connectivity index (χ3v) is 8.32. The van der Waals surface area contributed by atoms with E-state index in [0.29, 0.717) is 12.4 Å². The molecular formula is C29H32N8O2. The first-order chi connectivity index (χ1) is 18.9. The van der Waals surface area contributed by atoms with Gasteiger partial charge in [0, 0.05) is 30.1 Å². The number of aromatic nitrogens is 4. The van der Waals surface area contributed by atoms with Gasteiger partial charge in [0.2, 0.25) is 0 Å². The quantitative estimate of drug-likeness (QED) is 0.499. The molecule has 2 unspecified atom stereocenters. The monoisotopic (exact) mass is 524 g/mol. The van der Waals surface area contributed by atoms with E-state index in [9.17, 15) is 9.59 Å². The molecule has 10 heteroatoms. The van der Waals surface area contributed by atoms with Gasteiger partial charge in [0.05, 0.1) is 0 Å². The largest absolute Gasteiger partial charge is 0.340 e. The molecule has 10 nitrogen and oxygen atoms in total. The number of nitrogens with zero attached hydrogens (tertiary/aromatic N) is 7. The van der Waals surface area contributed by atoms with Crippen LogP contribution in [0.4, 0.5) is 4.79 Å². The Hall–Kier alpha value is -4.08. The van der Waals surface area contributed by atoms with Crippen molar-refractivity contribution in [2.45, 2.75) is 76.8 Å². The van der Waals surface area contributed by atoms with Crippen molar-refractivity contribution in [2.75, 3.05) is 0 Å². The molecule has 3 amide bonds. The molecule has 2 aliphatic carbocycles. The maximum absolute atomic E-state index is 14.0. The highest BCUT2D eigenvalue weighted by Gasteiger charge is 2.64. The summed E-state index contributed by atoms with van der Waals surface area (Å²) in [6, 6.07) is 15.9. The van der Waals surface area contributed by atoms with E-state index in [0.717, 1.165) is 53.8 Å². The second kappa shape index (κ2) is 8.72. The Bertz CT molecular complexity index is 1460. The number of aliphatic imine (C=N–C) groups is 1. The first kappa shape index (κ1) is 24.0. The lowest BCUT2D eigenvalue weighted by Crippen LogP contribution is -2.72. The molecule has 0 bridgehead atoms. The van der Waals surface area contributed by atoms with E-state index in [2.05, 4.69) is 69.7 Å². The van der Waals surface area contributed by atoms with Gasteiger partial charge in [0.25, 0.3) is 5.91 Å². The van der Waals surface area contributed by atoms with Crippen LogP contribution in [0.15, 0.2) is 53.5 Å². The van der Waals surface area contributed by atoms with E-state index in [1.54, 1.807) is 4.90 Å². The highest BCUT2D eigenvalue weighted by Crippen LogP contribution is 2.47. The molecule has 1 N–H and O–H groups in total. The smallest absolute Gasteiger partial charge is 0.329 e. The minimum absolute atomic E-state index is 0.0275. The number of hydrogen-bond donors (Lipinski definition) is 1. The summed E-state index contributed by atoms with van der Waals surface area (Å²) >= 11 is 0. The Labute approximate surface area is 227 Å². The van der Waals surface area contributed by atoms with Crippen molar-refractivity contribution in [2.24, 2.45) is 10.9 Å². The average molecular weight is 525 g/mol. The average Bonchev–Trinajstić information content (AvgIpc) is 3.85. The fourth-order valence-corrected chi connectivity index (χ4v) is 6.23. The summed E-state index contributed by atoms with van der Waals surface area (Å²) in [5, 5.41) is 14.4. The van der Waals surface area contributed by atoms with Gasteiger partial charge in [-0.15, -0.1) is 5.10 Å². The molecule has 3 aromatic rings. The summed E-state index contributed by atoms with van der Waals surface area (Å²) in [6.07, 6.45) is 3.73. The number of aromatic amines is 1. The van der Waals surface area contributed by atoms with Crippen molar-refractivity contribution in [3.8, 4) is 22.5 Å². The van der Waals surface area contributed by atoms with Crippen molar-refractivity contribution in [3.05, 3.63) is 54.1 Å². The van der Waals surface area contributed by atoms with Crippen LogP contribution in [0.1, 0.15) is 52.0 Å². The normalized spacial score (nSPS) is 25.0. The van der Waals surface area contributed by atoms with E-state index >= 15 is 0 Å². The molecule has 1 aromatic heterocycles. The van der Waals surface area contributed by atoms with Gasteiger partial charge in [-0.2, -0.15) is 0 Å². The van der Waals surface area contributed by atoms with Crippen LogP contribution < -0.4 is 0 Å². The summed E-state index contributed by atoms with van der Waals surface area (Å²) in [7, 11) is 0. The van der Waals surface area contributed by atoms with Crippen LogP contribution in [0, 0.1) is 5.92 Å². The first-order valence-electron chi connectivity index (χ1n) is 13.8. The summed E-state index contributed by atoms with van der Waals surface area (Å²) < 4.78 is 0. The van der Waals surface area contributed by atoms with Gasteiger partial charge in [-0.25, -0.2) is 14.9 Å². The number of H-pyrrole nitrogens is 1. The van der Waals surface area contributed by atoms with Crippen LogP contribution in [0.2, 0.25) is 0 Å². The van der Waals surface area contributed by atoms with Crippen LogP contribution >= 0.6 is 0 Å². The van der Waals surface area contributed by atoms with Gasteiger partial charge in [-0.1, -0.05) is 62.4 Å². The highest BCUT2D eigenvalue weighted by atomic mass is 16.2. The van der Waals surface area contributed by atoms with E-state index in [1.165, 1.54) is 0 Å². The number of carbonyl (C=O) groups excluding carboxylic acids is 2. The molecule has 39 heavy (non-hydrogen) atoms. The number of carbonyl (C=O) groups is 2. The summed E-state index contributed by atoms with van der Waals surface area (Å²) in [4.78, 5) is 38.4. The van der Waals surface area contributed by atoms with Gasteiger partial charge >= 0.3 is 6.03 Å². The molecule has 2 saturated carbocycles. The number of tetrazole rings is 1. The first-order valence-corrected chi connectivity index (χ1v) is 13.8. The van der Waals surface area contributed by atoms with E-state index < -0.39 is 11.7 Å². The summed E-state index contributed by atoms with van der Waals surface area (Å²) in [6.45, 7) is 6.74. The second-order valence-corrected chi connectivity index (χ2v) is 11.6. The zero-order valence-electron chi connectivity index (χ0n) is 22.4. The minimum Gasteiger partial charge on any atom is -0.340 e. The molecule has 2 aromatic carbocycles. The Kier molecular flexibility index (Phi) is 5.37. The van der Waals surface area contributed by atoms with E-state index in [-0.39, 0.29) is 29.9 Å². The molecule has 7 rings (SSSR count). The number of hydrogen-bond acceptors (Lipinski definition) is 7. The molecule has 3 fully saturated rings. The number of imide groups is 1. The van der Waals surface area contributed by atoms with Crippen LogP contribution in [-0.2, 0) is 11.3 Å². The fraction of sp³-hybridized carbons (Fsp3) is 0.448. The third-order valence-electron chi connectivity index (χ3n) is 8.32. The zero-order valence-corrected chi connectivity index (χ0v) is 22.4. The molecule has 2 aliphatic heterocycles. The number of amides is 3. The van der Waals surface area contributed by atoms with Crippen LogP contribution in [-0.4, -0.2) is 76.9 Å². The van der Waals surface area contributed by atoms with Gasteiger partial charge in [-0.3, -0.25) is 14.6 Å². The SMILES string of the molecule is CC(C)C1=NC2(C)C(C(=O)N(C3CC3)C(=O)N2C2CC2)N1Cc1ccc(-c2ccccc2-c2nnn[nH]2)cc1. The lowest BCUT2D eigenvalue weighted by molar-refractivity contribution is -0.142. The molecular weight excluding hydrogens is 492 g/mol. The van der Waals surface area contributed by atoms with Crippen LogP contribution in [0.5, 0.6) is 0 Å². The predicted molar refractivity (Wildman–Crippen MR) is 145 cm³/mol. The maximum Gasteiger partial charge on any atom is 0.329 e. The minimum atomic E-state index is -0.885. The molecule has 0 radical (unpaired) electrons. The van der Waals surface area contributed by atoms with Gasteiger partial charge in [0.15, 0.2) is 17.5 Å². The molecule has 0 spiro atoms. The molecule has 2 atom stereocenters. The lowest BCUT2D eigenvalue weighted by Gasteiger charge is -2.49.